The Hall–Kier alpha value is -3.67. The van der Waals surface area contributed by atoms with Gasteiger partial charge in [-0.1, -0.05) is 18.2 Å². The second-order valence-electron chi connectivity index (χ2n) is 8.34. The van der Waals surface area contributed by atoms with E-state index in [1.807, 2.05) is 24.0 Å². The van der Waals surface area contributed by atoms with Crippen LogP contribution in [0.3, 0.4) is 0 Å². The Labute approximate surface area is 207 Å². The van der Waals surface area contributed by atoms with E-state index in [9.17, 15) is 18.4 Å². The summed E-state index contributed by atoms with van der Waals surface area (Å²) in [6.07, 6.45) is 2.63. The van der Waals surface area contributed by atoms with Crippen molar-refractivity contribution in [3.05, 3.63) is 75.7 Å². The van der Waals surface area contributed by atoms with Gasteiger partial charge in [0.05, 0.1) is 5.56 Å². The Morgan fingerprint density at radius 2 is 1.69 bits per heavy atom. The molecule has 0 unspecified atom stereocenters. The van der Waals surface area contributed by atoms with Crippen LogP contribution in [0, 0.1) is 18.6 Å². The van der Waals surface area contributed by atoms with Crippen molar-refractivity contribution in [1.29, 1.82) is 0 Å². The number of urea groups is 1. The third-order valence-electron chi connectivity index (χ3n) is 5.61. The van der Waals surface area contributed by atoms with E-state index in [0.29, 0.717) is 44.7 Å². The van der Waals surface area contributed by atoms with Gasteiger partial charge in [0.25, 0.3) is 5.56 Å². The predicted octanol–water partition coefficient (Wildman–Crippen LogP) is 3.17. The highest BCUT2D eigenvalue weighted by Gasteiger charge is 2.18. The lowest BCUT2D eigenvalue weighted by molar-refractivity contribution is 0.254. The van der Waals surface area contributed by atoms with Gasteiger partial charge in [0.15, 0.2) is 0 Å². The molecule has 0 radical (unpaired) electrons. The molecular weight excluding hydrogens is 468 g/mol. The number of nitrogens with zero attached hydrogens (tertiary/aromatic N) is 2. The number of aryl methyl sites for hydroxylation is 1. The first-order valence-electron chi connectivity index (χ1n) is 11.7. The number of nitrogens with two attached hydrogens (primary N) is 2. The average Bonchev–Trinajstić information content (AvgIpc) is 2.84. The minimum Gasteiger partial charge on any atom is -0.331 e. The van der Waals surface area contributed by atoms with Crippen LogP contribution in [-0.2, 0) is 6.54 Å². The number of hydrogen-bond acceptors (Lipinski definition) is 6. The molecule has 0 aliphatic heterocycles. The molecular formula is C25H31F2N7O2. The second kappa shape index (κ2) is 12.9. The number of carbonyl (C=O) groups is 1. The smallest absolute Gasteiger partial charge is 0.326 e. The minimum atomic E-state index is -0.769. The Morgan fingerprint density at radius 3 is 2.28 bits per heavy atom. The van der Waals surface area contributed by atoms with E-state index in [2.05, 4.69) is 20.6 Å². The molecule has 0 saturated heterocycles. The minimum absolute atomic E-state index is 0.0349. The number of amides is 2. The zero-order chi connectivity index (χ0) is 26.1. The van der Waals surface area contributed by atoms with Gasteiger partial charge in [-0.15, -0.1) is 0 Å². The number of para-hydroxylation sites is 1. The lowest BCUT2D eigenvalue weighted by atomic mass is 10.0. The van der Waals surface area contributed by atoms with Crippen LogP contribution in [0.4, 0.5) is 25.2 Å². The maximum atomic E-state index is 14.9. The number of halogens is 2. The van der Waals surface area contributed by atoms with Gasteiger partial charge in [-0.2, -0.15) is 4.98 Å². The van der Waals surface area contributed by atoms with E-state index >= 15 is 0 Å². The first-order valence-corrected chi connectivity index (χ1v) is 11.7. The Balaban J connectivity index is 1.75. The van der Waals surface area contributed by atoms with Crippen molar-refractivity contribution in [2.24, 2.45) is 11.5 Å². The van der Waals surface area contributed by atoms with Crippen molar-refractivity contribution >= 4 is 17.7 Å². The third-order valence-corrected chi connectivity index (χ3v) is 5.61. The summed E-state index contributed by atoms with van der Waals surface area (Å²) >= 11 is 0. The van der Waals surface area contributed by atoms with Crippen LogP contribution in [0.5, 0.6) is 0 Å². The van der Waals surface area contributed by atoms with Crippen LogP contribution in [0.2, 0.25) is 0 Å². The number of carbonyl (C=O) groups excluding carboxylic acids is 1. The molecule has 1 aromatic heterocycles. The van der Waals surface area contributed by atoms with Crippen LogP contribution < -0.4 is 27.7 Å². The monoisotopic (exact) mass is 499 g/mol. The molecule has 3 rings (SSSR count). The predicted molar refractivity (Wildman–Crippen MR) is 137 cm³/mol. The molecule has 0 spiro atoms. The summed E-state index contributed by atoms with van der Waals surface area (Å²) in [6, 6.07) is 8.80. The highest BCUT2D eigenvalue weighted by atomic mass is 19.1. The summed E-state index contributed by atoms with van der Waals surface area (Å²) in [5.41, 5.74) is 11.8. The van der Waals surface area contributed by atoms with Crippen molar-refractivity contribution in [2.75, 3.05) is 36.8 Å². The number of hydrogen-bond donors (Lipinski definition) is 5. The molecule has 3 aromatic rings. The first kappa shape index (κ1) is 26.9. The zero-order valence-corrected chi connectivity index (χ0v) is 20.1. The molecule has 0 aliphatic carbocycles. The molecule has 0 aliphatic rings. The van der Waals surface area contributed by atoms with Crippen LogP contribution in [0.15, 0.2) is 47.4 Å². The van der Waals surface area contributed by atoms with Crippen molar-refractivity contribution in [2.45, 2.75) is 26.3 Å². The number of nitrogens with one attached hydrogen (secondary N) is 3. The molecule has 0 saturated carbocycles. The van der Waals surface area contributed by atoms with E-state index < -0.39 is 23.2 Å². The molecule has 9 nitrogen and oxygen atoms in total. The topological polar surface area (TPSA) is 142 Å². The zero-order valence-electron chi connectivity index (χ0n) is 20.1. The Kier molecular flexibility index (Phi) is 9.62. The molecule has 192 valence electrons. The summed E-state index contributed by atoms with van der Waals surface area (Å²) in [5, 5.41) is 5.09. The largest absolute Gasteiger partial charge is 0.331 e. The molecule has 2 aromatic carbocycles. The highest BCUT2D eigenvalue weighted by Crippen LogP contribution is 2.23. The van der Waals surface area contributed by atoms with Gasteiger partial charge >= 0.3 is 6.03 Å². The van der Waals surface area contributed by atoms with Crippen molar-refractivity contribution in [3.63, 3.8) is 0 Å². The number of aromatic amines is 1. The summed E-state index contributed by atoms with van der Waals surface area (Å²) in [6.45, 7) is 4.02. The number of H-pyrrole nitrogens is 1. The number of rotatable bonds is 11. The lowest BCUT2D eigenvalue weighted by Gasteiger charge is -2.22. The van der Waals surface area contributed by atoms with Crippen LogP contribution in [0.1, 0.15) is 24.0 Å². The molecule has 7 N–H and O–H groups in total. The molecule has 0 fully saturated rings. The maximum absolute atomic E-state index is 14.9. The molecule has 2 amide bonds. The summed E-state index contributed by atoms with van der Waals surface area (Å²) in [5.74, 6) is -1.65. The molecule has 36 heavy (non-hydrogen) atoms. The van der Waals surface area contributed by atoms with E-state index in [1.54, 1.807) is 12.1 Å². The molecule has 0 atom stereocenters. The van der Waals surface area contributed by atoms with Crippen LogP contribution >= 0.6 is 0 Å². The average molecular weight is 500 g/mol. The summed E-state index contributed by atoms with van der Waals surface area (Å²) < 4.78 is 29.8. The van der Waals surface area contributed by atoms with Gasteiger partial charge in [-0.3, -0.25) is 15.0 Å². The third kappa shape index (κ3) is 7.17. The SMILES string of the molecule is Cc1ccccc1NC(=O)Nc1nc(=O)c(-c2cc(F)c(CN(CCCN)CCCN)c(F)c2)c[nH]1. The van der Waals surface area contributed by atoms with Crippen LogP contribution in [0.25, 0.3) is 11.1 Å². The van der Waals surface area contributed by atoms with Crippen molar-refractivity contribution in [3.8, 4) is 11.1 Å². The Bertz CT molecular complexity index is 1220. The quantitative estimate of drug-likeness (QED) is 0.274. The van der Waals surface area contributed by atoms with Crippen LogP contribution in [-0.4, -0.2) is 47.1 Å². The number of anilines is 2. The maximum Gasteiger partial charge on any atom is 0.326 e. The standard InChI is InChI=1S/C25H31F2N7O2/c1-16-6-2-3-7-22(16)31-25(36)33-24-30-14-18(23(35)32-24)17-12-20(26)19(21(27)13-17)15-34(10-4-8-28)11-5-9-29/h2-3,6-7,12-14H,4-5,8-11,15,28-29H2,1H3,(H3,30,31,32,33,35,36). The van der Waals surface area contributed by atoms with Gasteiger partial charge in [-0.25, -0.2) is 13.6 Å². The molecule has 1 heterocycles. The fourth-order valence-electron chi connectivity index (χ4n) is 3.67. The van der Waals surface area contributed by atoms with Gasteiger partial charge in [0.1, 0.15) is 11.6 Å². The lowest BCUT2D eigenvalue weighted by Crippen LogP contribution is -2.29. The number of aromatic nitrogens is 2. The fourth-order valence-corrected chi connectivity index (χ4v) is 3.67. The summed E-state index contributed by atoms with van der Waals surface area (Å²) in [4.78, 5) is 33.2. The van der Waals surface area contributed by atoms with E-state index in [0.717, 1.165) is 17.7 Å². The normalized spacial score (nSPS) is 11.1. The van der Waals surface area contributed by atoms with Gasteiger partial charge in [0, 0.05) is 24.0 Å². The first-order chi connectivity index (χ1) is 17.3. The van der Waals surface area contributed by atoms with E-state index in [1.165, 1.54) is 6.20 Å². The van der Waals surface area contributed by atoms with Gasteiger partial charge in [0.2, 0.25) is 5.95 Å². The highest BCUT2D eigenvalue weighted by molar-refractivity contribution is 5.99. The Morgan fingerprint density at radius 1 is 1.06 bits per heavy atom. The summed E-state index contributed by atoms with van der Waals surface area (Å²) in [7, 11) is 0. The van der Waals surface area contributed by atoms with Crippen molar-refractivity contribution < 1.29 is 13.6 Å². The number of benzene rings is 2. The molecule has 11 heteroatoms. The van der Waals surface area contributed by atoms with E-state index in [4.69, 9.17) is 11.5 Å². The second-order valence-corrected chi connectivity index (χ2v) is 8.34. The fraction of sp³-hybridized carbons (Fsp3) is 0.320. The molecule has 0 bridgehead atoms. The van der Waals surface area contributed by atoms with Crippen molar-refractivity contribution in [1.82, 2.24) is 14.9 Å². The van der Waals surface area contributed by atoms with Gasteiger partial charge < -0.3 is 21.8 Å². The van der Waals surface area contributed by atoms with E-state index in [-0.39, 0.29) is 29.2 Å². The van der Waals surface area contributed by atoms with Gasteiger partial charge in [-0.05, 0) is 75.3 Å².